The number of aryl methyl sites for hydroxylation is 1. The van der Waals surface area contributed by atoms with Gasteiger partial charge in [-0.2, -0.15) is 0 Å². The number of rotatable bonds is 6. The topological polar surface area (TPSA) is 40.5 Å². The van der Waals surface area contributed by atoms with Gasteiger partial charge in [0.15, 0.2) is 0 Å². The van der Waals surface area contributed by atoms with E-state index in [1.165, 1.54) is 0 Å². The molecular weight excluding hydrogens is 262 g/mol. The molecule has 0 radical (unpaired) electrons. The van der Waals surface area contributed by atoms with Crippen molar-refractivity contribution in [2.45, 2.75) is 39.5 Å². The van der Waals surface area contributed by atoms with Gasteiger partial charge >= 0.3 is 0 Å². The van der Waals surface area contributed by atoms with E-state index in [1.54, 1.807) is 4.90 Å². The maximum absolute atomic E-state index is 12.3. The summed E-state index contributed by atoms with van der Waals surface area (Å²) in [6.07, 6.45) is 3.82. The molecule has 0 saturated carbocycles. The molecule has 0 unspecified atom stereocenters. The van der Waals surface area contributed by atoms with Crippen LogP contribution in [-0.2, 0) is 0 Å². The lowest BCUT2D eigenvalue weighted by atomic mass is 10.0. The molecule has 0 saturated heterocycles. The number of unbranched alkanes of at least 4 members (excludes halogenated alkanes) is 2. The van der Waals surface area contributed by atoms with Crippen LogP contribution in [0, 0.1) is 18.8 Å². The van der Waals surface area contributed by atoms with Gasteiger partial charge in [-0.15, -0.1) is 0 Å². The fourth-order valence-electron chi connectivity index (χ4n) is 2.07. The Kier molecular flexibility index (Phi) is 7.56. The predicted octanol–water partition coefficient (Wildman–Crippen LogP) is 2.99. The van der Waals surface area contributed by atoms with E-state index in [0.29, 0.717) is 12.0 Å². The first kappa shape index (κ1) is 17.3. The molecule has 0 fully saturated rings. The third kappa shape index (κ3) is 5.61. The molecular formula is C18H25NO2. The average molecular weight is 287 g/mol. The molecule has 114 valence electrons. The van der Waals surface area contributed by atoms with Crippen molar-refractivity contribution in [1.29, 1.82) is 0 Å². The van der Waals surface area contributed by atoms with Gasteiger partial charge in [0.25, 0.3) is 5.91 Å². The van der Waals surface area contributed by atoms with Crippen molar-refractivity contribution in [3.63, 3.8) is 0 Å². The number of aliphatic hydroxyl groups excluding tert-OH is 1. The predicted molar refractivity (Wildman–Crippen MR) is 86.2 cm³/mol. The molecule has 21 heavy (non-hydrogen) atoms. The van der Waals surface area contributed by atoms with E-state index >= 15 is 0 Å². The fourth-order valence-corrected chi connectivity index (χ4v) is 2.07. The largest absolute Gasteiger partial charge is 0.395 e. The minimum absolute atomic E-state index is 0.0593. The summed E-state index contributed by atoms with van der Waals surface area (Å²) in [5.41, 5.74) is 2.61. The lowest BCUT2D eigenvalue weighted by molar-refractivity contribution is 0.0792. The quantitative estimate of drug-likeness (QED) is 0.645. The molecule has 0 aliphatic rings. The molecule has 3 nitrogen and oxygen atoms in total. The summed E-state index contributed by atoms with van der Waals surface area (Å²) >= 11 is 0. The van der Waals surface area contributed by atoms with Crippen molar-refractivity contribution in [2.24, 2.45) is 0 Å². The number of benzene rings is 1. The van der Waals surface area contributed by atoms with Crippen molar-refractivity contribution in [3.8, 4) is 11.8 Å². The molecule has 0 heterocycles. The van der Waals surface area contributed by atoms with E-state index in [-0.39, 0.29) is 12.5 Å². The number of amides is 1. The van der Waals surface area contributed by atoms with Crippen LogP contribution in [0.25, 0.3) is 0 Å². The second kappa shape index (κ2) is 9.20. The van der Waals surface area contributed by atoms with Crippen LogP contribution in [0.3, 0.4) is 0 Å². The Labute approximate surface area is 128 Å². The second-order valence-electron chi connectivity index (χ2n) is 5.24. The third-order valence-corrected chi connectivity index (χ3v) is 3.38. The summed E-state index contributed by atoms with van der Waals surface area (Å²) in [6, 6.07) is 5.60. The first-order valence-electron chi connectivity index (χ1n) is 7.56. The Morgan fingerprint density at radius 3 is 2.71 bits per heavy atom. The molecule has 0 spiro atoms. The zero-order valence-corrected chi connectivity index (χ0v) is 13.3. The van der Waals surface area contributed by atoms with Crippen LogP contribution in [0.2, 0.25) is 0 Å². The van der Waals surface area contributed by atoms with Crippen molar-refractivity contribution >= 4 is 5.91 Å². The number of hydrogen-bond acceptors (Lipinski definition) is 2. The van der Waals surface area contributed by atoms with E-state index in [4.69, 9.17) is 5.11 Å². The van der Waals surface area contributed by atoms with Gasteiger partial charge < -0.3 is 10.0 Å². The molecule has 1 N–H and O–H groups in total. The van der Waals surface area contributed by atoms with Gasteiger partial charge in [0.2, 0.25) is 0 Å². The molecule has 0 aromatic heterocycles. The summed E-state index contributed by atoms with van der Waals surface area (Å²) < 4.78 is 0. The number of aliphatic hydroxyl groups is 1. The molecule has 1 amide bonds. The summed E-state index contributed by atoms with van der Waals surface area (Å²) in [5.74, 6) is 5.98. The number of carbonyl (C=O) groups is 1. The Hall–Kier alpha value is -1.79. The van der Waals surface area contributed by atoms with E-state index in [9.17, 15) is 4.79 Å². The molecule has 1 aromatic carbocycles. The highest BCUT2D eigenvalue weighted by molar-refractivity contribution is 5.94. The van der Waals surface area contributed by atoms with E-state index < -0.39 is 0 Å². The number of hydrogen-bond donors (Lipinski definition) is 1. The van der Waals surface area contributed by atoms with Gasteiger partial charge in [0, 0.05) is 31.1 Å². The fraction of sp³-hybridized carbons (Fsp3) is 0.500. The third-order valence-electron chi connectivity index (χ3n) is 3.38. The maximum Gasteiger partial charge on any atom is 0.253 e. The van der Waals surface area contributed by atoms with Crippen LogP contribution < -0.4 is 0 Å². The lowest BCUT2D eigenvalue weighted by Gasteiger charge is -2.17. The number of carbonyl (C=O) groups excluding carboxylic acids is 1. The molecule has 0 atom stereocenters. The average Bonchev–Trinajstić information content (AvgIpc) is 2.48. The molecule has 1 aromatic rings. The molecule has 0 aliphatic carbocycles. The van der Waals surface area contributed by atoms with Gasteiger partial charge in [-0.1, -0.05) is 31.6 Å². The van der Waals surface area contributed by atoms with Crippen LogP contribution in [0.5, 0.6) is 0 Å². The van der Waals surface area contributed by atoms with E-state index in [0.717, 1.165) is 36.9 Å². The van der Waals surface area contributed by atoms with Gasteiger partial charge in [-0.25, -0.2) is 0 Å². The van der Waals surface area contributed by atoms with Crippen molar-refractivity contribution < 1.29 is 9.90 Å². The summed E-state index contributed by atoms with van der Waals surface area (Å²) in [4.78, 5) is 14.1. The molecule has 0 aliphatic heterocycles. The Morgan fingerprint density at radius 2 is 2.10 bits per heavy atom. The molecule has 0 bridgehead atoms. The Bertz CT molecular complexity index is 526. The zero-order chi connectivity index (χ0) is 15.7. The lowest BCUT2D eigenvalue weighted by Crippen LogP contribution is -2.27. The highest BCUT2D eigenvalue weighted by atomic mass is 16.2. The molecule has 3 heteroatoms. The van der Waals surface area contributed by atoms with Gasteiger partial charge in [0.05, 0.1) is 6.61 Å². The first-order chi connectivity index (χ1) is 10.1. The highest BCUT2D eigenvalue weighted by Gasteiger charge is 2.11. The van der Waals surface area contributed by atoms with Gasteiger partial charge in [-0.3, -0.25) is 4.79 Å². The van der Waals surface area contributed by atoms with Crippen LogP contribution >= 0.6 is 0 Å². The second-order valence-corrected chi connectivity index (χ2v) is 5.24. The van der Waals surface area contributed by atoms with Gasteiger partial charge in [-0.05, 0) is 37.1 Å². The number of nitrogens with zero attached hydrogens (tertiary/aromatic N) is 1. The van der Waals surface area contributed by atoms with Crippen LogP contribution in [0.4, 0.5) is 0 Å². The minimum atomic E-state index is 0.0593. The summed E-state index contributed by atoms with van der Waals surface area (Å²) in [6.45, 7) is 4.98. The molecule has 1 rings (SSSR count). The smallest absolute Gasteiger partial charge is 0.253 e. The van der Waals surface area contributed by atoms with E-state index in [2.05, 4.69) is 18.8 Å². The van der Waals surface area contributed by atoms with Crippen LogP contribution in [0.1, 0.15) is 54.1 Å². The summed E-state index contributed by atoms with van der Waals surface area (Å²) in [7, 11) is 1.85. The monoisotopic (exact) mass is 287 g/mol. The van der Waals surface area contributed by atoms with Crippen LogP contribution in [0.15, 0.2) is 18.2 Å². The first-order valence-corrected chi connectivity index (χ1v) is 7.56. The minimum Gasteiger partial charge on any atom is -0.395 e. The van der Waals surface area contributed by atoms with E-state index in [1.807, 2.05) is 32.2 Å². The normalized spacial score (nSPS) is 9.90. The Morgan fingerprint density at radius 1 is 1.33 bits per heavy atom. The SMILES string of the molecule is CCCCCN(C)C(=O)c1ccc(C#CCCO)c(C)c1. The Balaban J connectivity index is 2.74. The van der Waals surface area contributed by atoms with Crippen molar-refractivity contribution in [1.82, 2.24) is 4.90 Å². The van der Waals surface area contributed by atoms with Gasteiger partial charge in [0.1, 0.15) is 0 Å². The van der Waals surface area contributed by atoms with Crippen molar-refractivity contribution in [3.05, 3.63) is 34.9 Å². The zero-order valence-electron chi connectivity index (χ0n) is 13.3. The standard InChI is InChI=1S/C18H25NO2/c1-4-5-7-12-19(3)18(21)17-11-10-16(15(2)14-17)9-6-8-13-20/h10-11,14,20H,4-5,7-8,12-13H2,1-3H3. The van der Waals surface area contributed by atoms with Crippen LogP contribution in [-0.4, -0.2) is 36.1 Å². The van der Waals surface area contributed by atoms with Crippen molar-refractivity contribution in [2.75, 3.05) is 20.2 Å². The highest BCUT2D eigenvalue weighted by Crippen LogP contribution is 2.12. The summed E-state index contributed by atoms with van der Waals surface area (Å²) in [5, 5.41) is 8.73. The maximum atomic E-state index is 12.3.